The number of hydrogen-bond acceptors (Lipinski definition) is 8. The number of nitrogens with one attached hydrogen (secondary N) is 2. The molecule has 10 nitrogen and oxygen atoms in total. The largest absolute Gasteiger partial charge is 0.493 e. The van der Waals surface area contributed by atoms with Crippen molar-refractivity contribution in [2.24, 2.45) is 5.10 Å². The second-order valence-electron chi connectivity index (χ2n) is 9.23. The molecule has 2 heterocycles. The molecule has 11 heteroatoms. The van der Waals surface area contributed by atoms with Gasteiger partial charge < -0.3 is 29.0 Å². The first-order valence-electron chi connectivity index (χ1n) is 12.4. The number of piperazine rings is 1. The van der Waals surface area contributed by atoms with Gasteiger partial charge in [-0.1, -0.05) is 0 Å². The Morgan fingerprint density at radius 2 is 1.76 bits per heavy atom. The van der Waals surface area contributed by atoms with Crippen molar-refractivity contribution in [1.29, 1.82) is 0 Å². The molecule has 0 radical (unpaired) electrons. The highest BCUT2D eigenvalue weighted by molar-refractivity contribution is 5.98. The van der Waals surface area contributed by atoms with E-state index in [0.29, 0.717) is 47.1 Å². The average molecular weight is 524 g/mol. The van der Waals surface area contributed by atoms with E-state index in [1.54, 1.807) is 24.4 Å². The Morgan fingerprint density at radius 1 is 1.08 bits per heavy atom. The number of nitrogens with zero attached hydrogens (tertiary/aromatic N) is 3. The van der Waals surface area contributed by atoms with Gasteiger partial charge in [-0.3, -0.25) is 9.59 Å². The van der Waals surface area contributed by atoms with Gasteiger partial charge in [0.05, 0.1) is 38.7 Å². The predicted octanol–water partition coefficient (Wildman–Crippen LogP) is 2.67. The van der Waals surface area contributed by atoms with Crippen molar-refractivity contribution < 1.29 is 23.4 Å². The zero-order valence-corrected chi connectivity index (χ0v) is 21.5. The standard InChI is InChI=1S/C27H30FN5O5/c1-36-23-10-16(11-24(37-2)26(23)38-3)14-30-31-27(35)19-15-33(17-4-5-17)21-13-22(32-8-6-29-7-9-32)20(28)12-18(21)25(19)34/h10-15,17,29H,4-9H2,1-3H3,(H,31,35)/b30-14+. The number of carbonyl (C=O) groups excluding carboxylic acids is 1. The Morgan fingerprint density at radius 3 is 2.37 bits per heavy atom. The van der Waals surface area contributed by atoms with Crippen LogP contribution in [-0.4, -0.2) is 64.2 Å². The van der Waals surface area contributed by atoms with Crippen LogP contribution in [0.2, 0.25) is 0 Å². The molecular formula is C27H30FN5O5. The molecule has 38 heavy (non-hydrogen) atoms. The van der Waals surface area contributed by atoms with Gasteiger partial charge in [0.1, 0.15) is 11.4 Å². The summed E-state index contributed by atoms with van der Waals surface area (Å²) in [4.78, 5) is 28.3. The van der Waals surface area contributed by atoms with Crippen LogP contribution in [0.4, 0.5) is 10.1 Å². The number of ether oxygens (including phenoxy) is 3. The van der Waals surface area contributed by atoms with Gasteiger partial charge in [-0.2, -0.15) is 5.10 Å². The molecule has 2 aliphatic rings. The Balaban J connectivity index is 1.45. The molecule has 0 spiro atoms. The van der Waals surface area contributed by atoms with Gasteiger partial charge in [0, 0.05) is 49.4 Å². The third-order valence-electron chi connectivity index (χ3n) is 6.81. The number of amides is 1. The second-order valence-corrected chi connectivity index (χ2v) is 9.23. The van der Waals surface area contributed by atoms with Crippen LogP contribution in [0.1, 0.15) is 34.8 Å². The summed E-state index contributed by atoms with van der Waals surface area (Å²) in [5.74, 6) is 0.145. The number of halogens is 1. The molecule has 200 valence electrons. The van der Waals surface area contributed by atoms with Gasteiger partial charge in [0.15, 0.2) is 11.5 Å². The molecule has 3 aromatic rings. The summed E-state index contributed by atoms with van der Waals surface area (Å²) in [7, 11) is 4.50. The van der Waals surface area contributed by atoms with Crippen LogP contribution < -0.4 is 35.3 Å². The van der Waals surface area contributed by atoms with Crippen LogP contribution in [0, 0.1) is 5.82 Å². The van der Waals surface area contributed by atoms with E-state index >= 15 is 4.39 Å². The van der Waals surface area contributed by atoms with Crippen LogP contribution >= 0.6 is 0 Å². The number of rotatable bonds is 8. The maximum absolute atomic E-state index is 15.2. The van der Waals surface area contributed by atoms with E-state index in [0.717, 1.165) is 25.9 Å². The van der Waals surface area contributed by atoms with Crippen molar-refractivity contribution in [2.75, 3.05) is 52.4 Å². The highest BCUT2D eigenvalue weighted by Crippen LogP contribution is 2.39. The molecule has 2 N–H and O–H groups in total. The summed E-state index contributed by atoms with van der Waals surface area (Å²) in [5.41, 5.74) is 3.46. The summed E-state index contributed by atoms with van der Waals surface area (Å²) in [5, 5.41) is 7.45. The Labute approximate surface area is 219 Å². The number of pyridine rings is 1. The van der Waals surface area contributed by atoms with Crippen molar-refractivity contribution >= 4 is 28.7 Å². The summed E-state index contributed by atoms with van der Waals surface area (Å²) in [6.07, 6.45) is 4.83. The van der Waals surface area contributed by atoms with E-state index in [1.807, 2.05) is 9.47 Å². The molecule has 5 rings (SSSR count). The molecule has 0 unspecified atom stereocenters. The van der Waals surface area contributed by atoms with Crippen molar-refractivity contribution in [1.82, 2.24) is 15.3 Å². The van der Waals surface area contributed by atoms with E-state index in [-0.39, 0.29) is 17.0 Å². The monoisotopic (exact) mass is 523 g/mol. The number of hydrazone groups is 1. The van der Waals surface area contributed by atoms with Crippen LogP contribution in [0.3, 0.4) is 0 Å². The zero-order valence-electron chi connectivity index (χ0n) is 21.5. The van der Waals surface area contributed by atoms with Gasteiger partial charge >= 0.3 is 0 Å². The molecule has 0 atom stereocenters. The Bertz CT molecular complexity index is 1440. The first kappa shape index (κ1) is 25.5. The lowest BCUT2D eigenvalue weighted by molar-refractivity contribution is 0.0953. The van der Waals surface area contributed by atoms with Crippen LogP contribution in [-0.2, 0) is 0 Å². The first-order valence-corrected chi connectivity index (χ1v) is 12.4. The van der Waals surface area contributed by atoms with Gasteiger partial charge in [0.2, 0.25) is 11.2 Å². The van der Waals surface area contributed by atoms with E-state index in [9.17, 15) is 9.59 Å². The number of methoxy groups -OCH3 is 3. The molecule has 1 saturated carbocycles. The minimum atomic E-state index is -0.679. The van der Waals surface area contributed by atoms with Crippen LogP contribution in [0.5, 0.6) is 17.2 Å². The Kier molecular flexibility index (Phi) is 7.19. The number of benzene rings is 2. The number of carbonyl (C=O) groups is 1. The fraction of sp³-hybridized carbons (Fsp3) is 0.370. The molecule has 2 aromatic carbocycles. The van der Waals surface area contributed by atoms with Gasteiger partial charge in [0.25, 0.3) is 5.91 Å². The minimum absolute atomic E-state index is 0.0965. The first-order chi connectivity index (χ1) is 18.4. The molecule has 1 amide bonds. The molecule has 1 aliphatic carbocycles. The number of anilines is 1. The fourth-order valence-corrected chi connectivity index (χ4v) is 4.72. The number of aromatic nitrogens is 1. The molecule has 1 aliphatic heterocycles. The highest BCUT2D eigenvalue weighted by Gasteiger charge is 2.28. The third kappa shape index (κ3) is 4.89. The smallest absolute Gasteiger partial charge is 0.276 e. The number of hydrogen-bond donors (Lipinski definition) is 2. The van der Waals surface area contributed by atoms with Crippen molar-refractivity contribution in [3.8, 4) is 17.2 Å². The second kappa shape index (κ2) is 10.7. The molecule has 2 fully saturated rings. The van der Waals surface area contributed by atoms with Gasteiger partial charge in [-0.25, -0.2) is 9.82 Å². The summed E-state index contributed by atoms with van der Waals surface area (Å²) in [6.45, 7) is 2.90. The fourth-order valence-electron chi connectivity index (χ4n) is 4.72. The quantitative estimate of drug-likeness (QED) is 0.345. The predicted molar refractivity (Wildman–Crippen MR) is 143 cm³/mol. The SMILES string of the molecule is COc1cc(/C=N/NC(=O)c2cn(C3CC3)c3cc(N4CCNCC4)c(F)cc3c2=O)cc(OC)c1OC. The van der Waals surface area contributed by atoms with Crippen molar-refractivity contribution in [3.63, 3.8) is 0 Å². The van der Waals surface area contributed by atoms with Gasteiger partial charge in [-0.05, 0) is 37.1 Å². The summed E-state index contributed by atoms with van der Waals surface area (Å²) < 4.78 is 33.1. The van der Waals surface area contributed by atoms with E-state index in [4.69, 9.17) is 14.2 Å². The summed E-state index contributed by atoms with van der Waals surface area (Å²) >= 11 is 0. The normalized spacial score (nSPS) is 15.6. The molecule has 1 aromatic heterocycles. The maximum Gasteiger partial charge on any atom is 0.276 e. The number of fused-ring (bicyclic) bond motifs is 1. The lowest BCUT2D eigenvalue weighted by Gasteiger charge is -2.30. The molecule has 0 bridgehead atoms. The zero-order chi connectivity index (χ0) is 26.8. The Hall–Kier alpha value is -4.12. The van der Waals surface area contributed by atoms with Crippen molar-refractivity contribution in [2.45, 2.75) is 18.9 Å². The van der Waals surface area contributed by atoms with Crippen LogP contribution in [0.25, 0.3) is 10.9 Å². The van der Waals surface area contributed by atoms with Crippen LogP contribution in [0.15, 0.2) is 40.4 Å². The van der Waals surface area contributed by atoms with E-state index in [1.165, 1.54) is 33.6 Å². The lowest BCUT2D eigenvalue weighted by Crippen LogP contribution is -2.43. The minimum Gasteiger partial charge on any atom is -0.493 e. The average Bonchev–Trinajstić information content (AvgIpc) is 3.78. The third-order valence-corrected chi connectivity index (χ3v) is 6.81. The molecule has 1 saturated heterocycles. The molecular weight excluding hydrogens is 493 g/mol. The highest BCUT2D eigenvalue weighted by atomic mass is 19.1. The van der Waals surface area contributed by atoms with Gasteiger partial charge in [-0.15, -0.1) is 0 Å². The van der Waals surface area contributed by atoms with E-state index in [2.05, 4.69) is 15.8 Å². The lowest BCUT2D eigenvalue weighted by atomic mass is 10.1. The summed E-state index contributed by atoms with van der Waals surface area (Å²) in [6, 6.07) is 6.50. The van der Waals surface area contributed by atoms with Crippen molar-refractivity contribution in [3.05, 3.63) is 57.6 Å². The topological polar surface area (TPSA) is 106 Å². The maximum atomic E-state index is 15.2. The van der Waals surface area contributed by atoms with E-state index < -0.39 is 17.2 Å².